The largest absolute Gasteiger partial charge is 0.340 e. The number of anilines is 2. The molecule has 3 rings (SSSR count). The highest BCUT2D eigenvalue weighted by Gasteiger charge is 2.14. The van der Waals surface area contributed by atoms with Crippen molar-refractivity contribution >= 4 is 40.4 Å². The van der Waals surface area contributed by atoms with Crippen LogP contribution >= 0.6 is 23.2 Å². The number of alkyl halides is 2. The first-order valence-corrected chi connectivity index (χ1v) is 9.78. The predicted molar refractivity (Wildman–Crippen MR) is 109 cm³/mol. The van der Waals surface area contributed by atoms with Gasteiger partial charge in [-0.15, -0.1) is 23.2 Å². The van der Waals surface area contributed by atoms with Crippen molar-refractivity contribution in [2.24, 2.45) is 0 Å². The van der Waals surface area contributed by atoms with Gasteiger partial charge in [0.05, 0.1) is 11.9 Å². The van der Waals surface area contributed by atoms with Crippen molar-refractivity contribution in [2.75, 3.05) is 30.2 Å². The molecule has 6 nitrogen and oxygen atoms in total. The summed E-state index contributed by atoms with van der Waals surface area (Å²) in [5.41, 5.74) is 2.83. The zero-order valence-corrected chi connectivity index (χ0v) is 16.8. The van der Waals surface area contributed by atoms with Crippen LogP contribution in [0.15, 0.2) is 30.5 Å². The molecule has 0 aliphatic heterocycles. The predicted octanol–water partition coefficient (Wildman–Crippen LogP) is 4.07. The first-order valence-electron chi connectivity index (χ1n) is 8.71. The van der Waals surface area contributed by atoms with Crippen LogP contribution in [0.5, 0.6) is 0 Å². The van der Waals surface area contributed by atoms with Crippen molar-refractivity contribution in [1.82, 2.24) is 19.5 Å². The summed E-state index contributed by atoms with van der Waals surface area (Å²) >= 11 is 11.8. The minimum absolute atomic E-state index is 0.269. The number of nitriles is 1. The van der Waals surface area contributed by atoms with Gasteiger partial charge in [0.1, 0.15) is 23.3 Å². The van der Waals surface area contributed by atoms with Gasteiger partial charge >= 0.3 is 0 Å². The third-order valence-electron chi connectivity index (χ3n) is 4.26. The van der Waals surface area contributed by atoms with E-state index < -0.39 is 0 Å². The Kier molecular flexibility index (Phi) is 6.68. The Hall–Kier alpha value is -2.40. The molecule has 9 heteroatoms. The Balaban J connectivity index is 2.01. The molecule has 1 aromatic carbocycles. The molecule has 1 N–H and O–H groups in total. The molecular weight excluding hydrogens is 402 g/mol. The summed E-state index contributed by atoms with van der Waals surface area (Å²) in [5.74, 6) is 1.32. The van der Waals surface area contributed by atoms with E-state index in [0.29, 0.717) is 59.7 Å². The number of aryl methyl sites for hydroxylation is 1. The molecule has 0 aliphatic carbocycles. The van der Waals surface area contributed by atoms with Gasteiger partial charge in [-0.1, -0.05) is 0 Å². The standard InChI is InChI=1S/C19H19Cl2FN6/c1-13-8-15(2-3-17(13)22)25-18-9-16(12-27(6-4-20)7-5-21)26-19-14(10-23)11-24-28(18)19/h2-3,8-9,11,25H,4-7,12H2,1H3. The number of halogens is 3. The summed E-state index contributed by atoms with van der Waals surface area (Å²) in [6.07, 6.45) is 1.47. The maximum Gasteiger partial charge on any atom is 0.175 e. The van der Waals surface area contributed by atoms with Crippen LogP contribution in [-0.4, -0.2) is 44.3 Å². The molecule has 146 valence electrons. The Labute approximate surface area is 172 Å². The van der Waals surface area contributed by atoms with Crippen LogP contribution in [-0.2, 0) is 6.54 Å². The molecule has 0 amide bonds. The molecule has 3 aromatic rings. The van der Waals surface area contributed by atoms with Crippen molar-refractivity contribution in [3.63, 3.8) is 0 Å². The number of hydrogen-bond acceptors (Lipinski definition) is 5. The molecule has 28 heavy (non-hydrogen) atoms. The number of rotatable bonds is 8. The van der Waals surface area contributed by atoms with Crippen LogP contribution in [0.4, 0.5) is 15.9 Å². The highest BCUT2D eigenvalue weighted by molar-refractivity contribution is 6.18. The summed E-state index contributed by atoms with van der Waals surface area (Å²) in [6, 6.07) is 8.73. The summed E-state index contributed by atoms with van der Waals surface area (Å²) in [5, 5.41) is 16.9. The monoisotopic (exact) mass is 420 g/mol. The fraction of sp³-hybridized carbons (Fsp3) is 0.316. The molecule has 0 bridgehead atoms. The normalized spacial score (nSPS) is 11.1. The zero-order chi connectivity index (χ0) is 20.1. The number of nitrogens with one attached hydrogen (secondary N) is 1. The summed E-state index contributed by atoms with van der Waals surface area (Å²) in [7, 11) is 0. The smallest absolute Gasteiger partial charge is 0.175 e. The van der Waals surface area contributed by atoms with Crippen LogP contribution in [0.25, 0.3) is 5.65 Å². The van der Waals surface area contributed by atoms with E-state index in [2.05, 4.69) is 26.4 Å². The lowest BCUT2D eigenvalue weighted by molar-refractivity contribution is 0.296. The number of nitrogens with zero attached hydrogens (tertiary/aromatic N) is 5. The second-order valence-electron chi connectivity index (χ2n) is 6.28. The van der Waals surface area contributed by atoms with E-state index >= 15 is 0 Å². The van der Waals surface area contributed by atoms with Crippen LogP contribution in [0.3, 0.4) is 0 Å². The average Bonchev–Trinajstić information content (AvgIpc) is 3.08. The molecule has 0 fully saturated rings. The van der Waals surface area contributed by atoms with Gasteiger partial charge < -0.3 is 5.32 Å². The quantitative estimate of drug-likeness (QED) is 0.556. The van der Waals surface area contributed by atoms with Crippen molar-refractivity contribution < 1.29 is 4.39 Å². The van der Waals surface area contributed by atoms with E-state index in [1.807, 2.05) is 6.07 Å². The molecule has 0 aliphatic rings. The SMILES string of the molecule is Cc1cc(Nc2cc(CN(CCCl)CCCl)nc3c(C#N)cnn23)ccc1F. The molecule has 0 radical (unpaired) electrons. The Morgan fingerprint density at radius 3 is 2.64 bits per heavy atom. The minimum Gasteiger partial charge on any atom is -0.340 e. The van der Waals surface area contributed by atoms with E-state index in [1.54, 1.807) is 23.6 Å². The molecule has 0 spiro atoms. The zero-order valence-electron chi connectivity index (χ0n) is 15.3. The first kappa shape index (κ1) is 20.3. The topological polar surface area (TPSA) is 69.2 Å². The van der Waals surface area contributed by atoms with Gasteiger partial charge in [0.15, 0.2) is 5.65 Å². The maximum absolute atomic E-state index is 13.6. The van der Waals surface area contributed by atoms with Crippen LogP contribution in [0.2, 0.25) is 0 Å². The summed E-state index contributed by atoms with van der Waals surface area (Å²) in [6.45, 7) is 3.58. The highest BCUT2D eigenvalue weighted by atomic mass is 35.5. The Bertz CT molecular complexity index is 1010. The summed E-state index contributed by atoms with van der Waals surface area (Å²) < 4.78 is 15.1. The van der Waals surface area contributed by atoms with Gasteiger partial charge in [-0.25, -0.2) is 9.37 Å². The van der Waals surface area contributed by atoms with E-state index in [4.69, 9.17) is 23.2 Å². The molecule has 0 saturated carbocycles. The van der Waals surface area contributed by atoms with E-state index in [0.717, 1.165) is 5.69 Å². The highest BCUT2D eigenvalue weighted by Crippen LogP contribution is 2.22. The van der Waals surface area contributed by atoms with E-state index in [-0.39, 0.29) is 5.82 Å². The van der Waals surface area contributed by atoms with Crippen molar-refractivity contribution in [2.45, 2.75) is 13.5 Å². The van der Waals surface area contributed by atoms with Crippen LogP contribution in [0.1, 0.15) is 16.8 Å². The molecule has 0 saturated heterocycles. The number of benzene rings is 1. The van der Waals surface area contributed by atoms with Crippen molar-refractivity contribution in [3.05, 3.63) is 53.1 Å². The molecule has 2 heterocycles. The average molecular weight is 421 g/mol. The maximum atomic E-state index is 13.6. The second kappa shape index (κ2) is 9.20. The second-order valence-corrected chi connectivity index (χ2v) is 7.04. The van der Waals surface area contributed by atoms with Crippen molar-refractivity contribution in [3.8, 4) is 6.07 Å². The van der Waals surface area contributed by atoms with Gasteiger partial charge in [-0.05, 0) is 30.7 Å². The van der Waals surface area contributed by atoms with E-state index in [9.17, 15) is 9.65 Å². The van der Waals surface area contributed by atoms with Crippen LogP contribution < -0.4 is 5.32 Å². The minimum atomic E-state index is -0.269. The summed E-state index contributed by atoms with van der Waals surface area (Å²) in [4.78, 5) is 6.68. The number of hydrogen-bond donors (Lipinski definition) is 1. The molecule has 2 aromatic heterocycles. The lowest BCUT2D eigenvalue weighted by Crippen LogP contribution is -2.28. The van der Waals surface area contributed by atoms with Crippen molar-refractivity contribution in [1.29, 1.82) is 5.26 Å². The molecule has 0 atom stereocenters. The van der Waals surface area contributed by atoms with Gasteiger partial charge in [0.2, 0.25) is 0 Å². The van der Waals surface area contributed by atoms with Gasteiger partial charge in [-0.2, -0.15) is 14.9 Å². The van der Waals surface area contributed by atoms with Gasteiger partial charge in [-0.3, -0.25) is 4.90 Å². The third kappa shape index (κ3) is 4.53. The third-order valence-corrected chi connectivity index (χ3v) is 4.60. The lowest BCUT2D eigenvalue weighted by atomic mass is 10.2. The number of aromatic nitrogens is 3. The fourth-order valence-corrected chi connectivity index (χ4v) is 3.35. The van der Waals surface area contributed by atoms with Gasteiger partial charge in [0, 0.05) is 43.1 Å². The van der Waals surface area contributed by atoms with Crippen LogP contribution in [0, 0.1) is 24.1 Å². The lowest BCUT2D eigenvalue weighted by Gasteiger charge is -2.20. The fourth-order valence-electron chi connectivity index (χ4n) is 2.87. The first-order chi connectivity index (χ1) is 13.5. The molecular formula is C19H19Cl2FN6. The molecule has 0 unspecified atom stereocenters. The Morgan fingerprint density at radius 2 is 2.00 bits per heavy atom. The Morgan fingerprint density at radius 1 is 1.25 bits per heavy atom. The van der Waals surface area contributed by atoms with E-state index in [1.165, 1.54) is 12.3 Å². The van der Waals surface area contributed by atoms with Gasteiger partial charge in [0.25, 0.3) is 0 Å². The number of fused-ring (bicyclic) bond motifs is 1.